The molecule has 0 radical (unpaired) electrons. The number of anilines is 1. The molecule has 1 amide bonds. The SMILES string of the molecule is CCOC(=O)c1c(NC(=O)COc2ccccc2C)sc2ccccc12. The number of para-hydroxylation sites is 1. The van der Waals surface area contributed by atoms with Crippen LogP contribution in [-0.2, 0) is 9.53 Å². The fourth-order valence-electron chi connectivity index (χ4n) is 2.56. The van der Waals surface area contributed by atoms with Gasteiger partial charge in [-0.3, -0.25) is 4.79 Å². The molecule has 0 atom stereocenters. The number of aryl methyl sites for hydroxylation is 1. The lowest BCUT2D eigenvalue weighted by Crippen LogP contribution is -2.21. The zero-order valence-corrected chi connectivity index (χ0v) is 15.4. The van der Waals surface area contributed by atoms with Crippen LogP contribution in [0.25, 0.3) is 10.1 Å². The van der Waals surface area contributed by atoms with Crippen LogP contribution in [0, 0.1) is 6.92 Å². The molecule has 1 N–H and O–H groups in total. The smallest absolute Gasteiger partial charge is 0.341 e. The van der Waals surface area contributed by atoms with Crippen molar-refractivity contribution in [2.24, 2.45) is 0 Å². The number of ether oxygens (including phenoxy) is 2. The summed E-state index contributed by atoms with van der Waals surface area (Å²) in [5.74, 6) is -0.116. The Morgan fingerprint density at radius 2 is 1.81 bits per heavy atom. The Bertz CT molecular complexity index is 948. The van der Waals surface area contributed by atoms with E-state index in [1.807, 2.05) is 55.5 Å². The average Bonchev–Trinajstić information content (AvgIpc) is 2.99. The topological polar surface area (TPSA) is 64.6 Å². The molecule has 3 rings (SSSR count). The molecule has 0 saturated heterocycles. The quantitative estimate of drug-likeness (QED) is 0.654. The maximum absolute atomic E-state index is 12.3. The van der Waals surface area contributed by atoms with Gasteiger partial charge in [-0.2, -0.15) is 0 Å². The van der Waals surface area contributed by atoms with Crippen LogP contribution >= 0.6 is 11.3 Å². The van der Waals surface area contributed by atoms with E-state index in [9.17, 15) is 9.59 Å². The van der Waals surface area contributed by atoms with Gasteiger partial charge in [-0.05, 0) is 31.5 Å². The lowest BCUT2D eigenvalue weighted by Gasteiger charge is -2.09. The Morgan fingerprint density at radius 1 is 1.08 bits per heavy atom. The number of hydrogen-bond donors (Lipinski definition) is 1. The molecule has 134 valence electrons. The van der Waals surface area contributed by atoms with Crippen LogP contribution in [0.1, 0.15) is 22.8 Å². The number of benzene rings is 2. The Kier molecular flexibility index (Phi) is 5.53. The van der Waals surface area contributed by atoms with Gasteiger partial charge in [0.05, 0.1) is 6.61 Å². The summed E-state index contributed by atoms with van der Waals surface area (Å²) >= 11 is 1.34. The molecule has 0 aliphatic rings. The van der Waals surface area contributed by atoms with Crippen LogP contribution in [0.3, 0.4) is 0 Å². The maximum Gasteiger partial charge on any atom is 0.341 e. The van der Waals surface area contributed by atoms with Crippen LogP contribution in [0.15, 0.2) is 48.5 Å². The van der Waals surface area contributed by atoms with Gasteiger partial charge in [-0.1, -0.05) is 36.4 Å². The number of hydrogen-bond acceptors (Lipinski definition) is 5. The summed E-state index contributed by atoms with van der Waals surface area (Å²) in [6.07, 6.45) is 0. The van der Waals surface area contributed by atoms with Gasteiger partial charge in [0.2, 0.25) is 0 Å². The minimum absolute atomic E-state index is 0.138. The second-order valence-electron chi connectivity index (χ2n) is 5.63. The van der Waals surface area contributed by atoms with Crippen molar-refractivity contribution in [1.82, 2.24) is 0 Å². The van der Waals surface area contributed by atoms with Crippen molar-refractivity contribution in [3.8, 4) is 5.75 Å². The minimum Gasteiger partial charge on any atom is -0.483 e. The zero-order chi connectivity index (χ0) is 18.5. The fraction of sp³-hybridized carbons (Fsp3) is 0.200. The van der Waals surface area contributed by atoms with E-state index in [0.29, 0.717) is 16.3 Å². The summed E-state index contributed by atoms with van der Waals surface area (Å²) < 4.78 is 11.6. The molecular weight excluding hydrogens is 350 g/mol. The number of amides is 1. The van der Waals surface area contributed by atoms with Crippen molar-refractivity contribution in [2.45, 2.75) is 13.8 Å². The van der Waals surface area contributed by atoms with Crippen LogP contribution in [0.2, 0.25) is 0 Å². The van der Waals surface area contributed by atoms with Crippen molar-refractivity contribution in [3.05, 3.63) is 59.7 Å². The Hall–Kier alpha value is -2.86. The number of fused-ring (bicyclic) bond motifs is 1. The summed E-state index contributed by atoms with van der Waals surface area (Å²) in [6, 6.07) is 15.0. The number of esters is 1. The first-order valence-corrected chi connectivity index (χ1v) is 9.08. The van der Waals surface area contributed by atoms with Gasteiger partial charge in [0, 0.05) is 10.1 Å². The minimum atomic E-state index is -0.444. The molecular formula is C20H19NO4S. The van der Waals surface area contributed by atoms with E-state index >= 15 is 0 Å². The molecule has 1 aromatic heterocycles. The van der Waals surface area contributed by atoms with Gasteiger partial charge in [0.15, 0.2) is 6.61 Å². The van der Waals surface area contributed by atoms with Crippen molar-refractivity contribution in [2.75, 3.05) is 18.5 Å². The first-order valence-electron chi connectivity index (χ1n) is 8.27. The number of nitrogens with one attached hydrogen (secondary N) is 1. The molecule has 0 aliphatic heterocycles. The molecule has 26 heavy (non-hydrogen) atoms. The molecule has 0 saturated carbocycles. The summed E-state index contributed by atoms with van der Waals surface area (Å²) in [6.45, 7) is 3.80. The largest absolute Gasteiger partial charge is 0.483 e. The van der Waals surface area contributed by atoms with Crippen LogP contribution < -0.4 is 10.1 Å². The van der Waals surface area contributed by atoms with Crippen LogP contribution in [0.5, 0.6) is 5.75 Å². The first-order chi connectivity index (χ1) is 12.6. The van der Waals surface area contributed by atoms with Gasteiger partial charge in [-0.15, -0.1) is 11.3 Å². The molecule has 6 heteroatoms. The van der Waals surface area contributed by atoms with E-state index < -0.39 is 5.97 Å². The molecule has 0 fully saturated rings. The third-order valence-electron chi connectivity index (χ3n) is 3.78. The lowest BCUT2D eigenvalue weighted by molar-refractivity contribution is -0.118. The molecule has 1 heterocycles. The summed E-state index contributed by atoms with van der Waals surface area (Å²) in [5, 5.41) is 4.03. The maximum atomic E-state index is 12.3. The molecule has 0 spiro atoms. The van der Waals surface area contributed by atoms with E-state index in [1.54, 1.807) is 6.92 Å². The predicted molar refractivity (Wildman–Crippen MR) is 103 cm³/mol. The zero-order valence-electron chi connectivity index (χ0n) is 14.6. The summed E-state index contributed by atoms with van der Waals surface area (Å²) in [5.41, 5.74) is 1.34. The van der Waals surface area contributed by atoms with Crippen molar-refractivity contribution >= 4 is 38.3 Å². The Morgan fingerprint density at radius 3 is 2.58 bits per heavy atom. The molecule has 3 aromatic rings. The highest BCUT2D eigenvalue weighted by atomic mass is 32.1. The number of thiophene rings is 1. The van der Waals surface area contributed by atoms with E-state index in [4.69, 9.17) is 9.47 Å². The molecule has 0 aliphatic carbocycles. The normalized spacial score (nSPS) is 10.5. The van der Waals surface area contributed by atoms with E-state index in [-0.39, 0.29) is 19.1 Å². The number of carbonyl (C=O) groups is 2. The van der Waals surface area contributed by atoms with E-state index in [0.717, 1.165) is 15.6 Å². The van der Waals surface area contributed by atoms with Crippen molar-refractivity contribution in [3.63, 3.8) is 0 Å². The summed E-state index contributed by atoms with van der Waals surface area (Å²) in [4.78, 5) is 24.7. The van der Waals surface area contributed by atoms with Gasteiger partial charge in [0.25, 0.3) is 5.91 Å². The highest BCUT2D eigenvalue weighted by Gasteiger charge is 2.21. The standard InChI is InChI=1S/C20H19NO4S/c1-3-24-20(23)18-14-9-5-7-11-16(14)26-19(18)21-17(22)12-25-15-10-6-4-8-13(15)2/h4-11H,3,12H2,1-2H3,(H,21,22). The Balaban J connectivity index is 1.79. The number of carbonyl (C=O) groups excluding carboxylic acids is 2. The van der Waals surface area contributed by atoms with Gasteiger partial charge < -0.3 is 14.8 Å². The third-order valence-corrected chi connectivity index (χ3v) is 4.87. The summed E-state index contributed by atoms with van der Waals surface area (Å²) in [7, 11) is 0. The van der Waals surface area contributed by atoms with Crippen LogP contribution in [0.4, 0.5) is 5.00 Å². The molecule has 5 nitrogen and oxygen atoms in total. The third kappa shape index (κ3) is 3.86. The van der Waals surface area contributed by atoms with E-state index in [1.165, 1.54) is 11.3 Å². The lowest BCUT2D eigenvalue weighted by atomic mass is 10.1. The highest BCUT2D eigenvalue weighted by molar-refractivity contribution is 7.23. The monoisotopic (exact) mass is 369 g/mol. The number of rotatable bonds is 6. The van der Waals surface area contributed by atoms with Gasteiger partial charge in [-0.25, -0.2) is 4.79 Å². The van der Waals surface area contributed by atoms with Crippen LogP contribution in [-0.4, -0.2) is 25.1 Å². The van der Waals surface area contributed by atoms with E-state index in [2.05, 4.69) is 5.32 Å². The van der Waals surface area contributed by atoms with Crippen molar-refractivity contribution < 1.29 is 19.1 Å². The van der Waals surface area contributed by atoms with Gasteiger partial charge >= 0.3 is 5.97 Å². The molecule has 0 bridgehead atoms. The van der Waals surface area contributed by atoms with Crippen molar-refractivity contribution in [1.29, 1.82) is 0 Å². The second kappa shape index (κ2) is 8.01. The fourth-order valence-corrected chi connectivity index (χ4v) is 3.67. The first kappa shape index (κ1) is 17.9. The second-order valence-corrected chi connectivity index (χ2v) is 6.68. The van der Waals surface area contributed by atoms with Gasteiger partial charge in [0.1, 0.15) is 16.3 Å². The average molecular weight is 369 g/mol. The molecule has 0 unspecified atom stereocenters. The highest BCUT2D eigenvalue weighted by Crippen LogP contribution is 2.36. The predicted octanol–water partition coefficient (Wildman–Crippen LogP) is 4.40. The molecule has 2 aromatic carbocycles. The Labute approximate surface area is 155 Å².